The maximum atomic E-state index is 15.1. The lowest BCUT2D eigenvalue weighted by Gasteiger charge is -2.42. The van der Waals surface area contributed by atoms with Crippen molar-refractivity contribution in [2.45, 2.75) is 33.2 Å². The molecule has 3 amide bonds. The number of imide groups is 1. The first-order chi connectivity index (χ1) is 16.5. The summed E-state index contributed by atoms with van der Waals surface area (Å²) in [5, 5.41) is 2.09. The molecule has 2 aromatic carbocycles. The van der Waals surface area contributed by atoms with E-state index in [2.05, 4.69) is 46.1 Å². The lowest BCUT2D eigenvalue weighted by molar-refractivity contribution is -0.127. The van der Waals surface area contributed by atoms with Crippen LogP contribution in [0.4, 0.5) is 20.6 Å². The molecular weight excluding hydrogens is 533 g/mol. The van der Waals surface area contributed by atoms with Gasteiger partial charge in [-0.3, -0.25) is 19.3 Å². The number of likely N-dealkylation sites (N-methyl/N-ethyl adjacent to an activating group) is 1. The molecule has 0 bridgehead atoms. The summed E-state index contributed by atoms with van der Waals surface area (Å²) in [4.78, 5) is 40.8. The highest BCUT2D eigenvalue weighted by atomic mass is 79.9. The molecule has 2 aliphatic rings. The molecule has 0 atom stereocenters. The number of carbonyl (C=O) groups excluding carboxylic acids is 3. The fourth-order valence-corrected chi connectivity index (χ4v) is 5.55. The Labute approximate surface area is 216 Å². The summed E-state index contributed by atoms with van der Waals surface area (Å²) in [6, 6.07) is 10.1. The van der Waals surface area contributed by atoms with Crippen LogP contribution in [0.1, 0.15) is 38.8 Å². The molecule has 35 heavy (non-hydrogen) atoms. The van der Waals surface area contributed by atoms with Crippen LogP contribution in [0.2, 0.25) is 0 Å². The molecule has 1 saturated heterocycles. The van der Waals surface area contributed by atoms with Crippen molar-refractivity contribution < 1.29 is 18.8 Å². The number of anilines is 2. The summed E-state index contributed by atoms with van der Waals surface area (Å²) < 4.78 is 16.0. The van der Waals surface area contributed by atoms with Crippen LogP contribution in [0.5, 0.6) is 0 Å². The summed E-state index contributed by atoms with van der Waals surface area (Å²) in [7, 11) is 0. The van der Waals surface area contributed by atoms with E-state index in [-0.39, 0.29) is 16.0 Å². The van der Waals surface area contributed by atoms with Crippen LogP contribution in [-0.4, -0.2) is 40.6 Å². The molecule has 2 heterocycles. The second-order valence-electron chi connectivity index (χ2n) is 8.94. The van der Waals surface area contributed by atoms with Gasteiger partial charge in [-0.15, -0.1) is 0 Å². The summed E-state index contributed by atoms with van der Waals surface area (Å²) in [6.45, 7) is 8.45. The van der Waals surface area contributed by atoms with Gasteiger partial charge < -0.3 is 10.2 Å². The number of hydrogen-bond donors (Lipinski definition) is 1. The van der Waals surface area contributed by atoms with Gasteiger partial charge in [0.25, 0.3) is 11.1 Å². The van der Waals surface area contributed by atoms with Gasteiger partial charge in [-0.2, -0.15) is 0 Å². The fourth-order valence-electron chi connectivity index (χ4n) is 4.46. The van der Waals surface area contributed by atoms with Crippen molar-refractivity contribution in [1.82, 2.24) is 4.90 Å². The quantitative estimate of drug-likeness (QED) is 0.438. The Balaban J connectivity index is 1.56. The molecule has 0 aliphatic carbocycles. The number of nitrogens with one attached hydrogen (secondary N) is 1. The average molecular weight is 558 g/mol. The molecule has 0 unspecified atom stereocenters. The number of nitrogens with zero attached hydrogens (tertiary/aromatic N) is 2. The Morgan fingerprint density at radius 1 is 1.20 bits per heavy atom. The number of halogens is 2. The third-order valence-electron chi connectivity index (χ3n) is 6.00. The van der Waals surface area contributed by atoms with Crippen LogP contribution in [0.15, 0.2) is 51.9 Å². The highest BCUT2D eigenvalue weighted by Crippen LogP contribution is 2.41. The van der Waals surface area contributed by atoms with Crippen molar-refractivity contribution in [2.24, 2.45) is 0 Å². The predicted molar refractivity (Wildman–Crippen MR) is 143 cm³/mol. The van der Waals surface area contributed by atoms with E-state index in [1.54, 1.807) is 30.3 Å². The van der Waals surface area contributed by atoms with Crippen molar-refractivity contribution in [2.75, 3.05) is 23.3 Å². The number of thioether (sulfide) groups is 1. The Morgan fingerprint density at radius 2 is 1.89 bits per heavy atom. The summed E-state index contributed by atoms with van der Waals surface area (Å²) in [5.41, 5.74) is 3.21. The molecule has 4 rings (SSSR count). The minimum atomic E-state index is -0.619. The van der Waals surface area contributed by atoms with Gasteiger partial charge in [0.2, 0.25) is 5.91 Å². The number of carbonyl (C=O) groups is 3. The topological polar surface area (TPSA) is 69.7 Å². The molecule has 2 aromatic rings. The van der Waals surface area contributed by atoms with Crippen molar-refractivity contribution in [3.8, 4) is 0 Å². The smallest absolute Gasteiger partial charge is 0.294 e. The van der Waals surface area contributed by atoms with E-state index in [9.17, 15) is 14.4 Å². The molecule has 2 aliphatic heterocycles. The molecule has 182 valence electrons. The zero-order valence-corrected chi connectivity index (χ0v) is 22.2. The molecule has 0 radical (unpaired) electrons. The van der Waals surface area contributed by atoms with Gasteiger partial charge in [0, 0.05) is 33.5 Å². The highest BCUT2D eigenvalue weighted by molar-refractivity contribution is 9.10. The first-order valence-electron chi connectivity index (χ1n) is 11.1. The van der Waals surface area contributed by atoms with Gasteiger partial charge >= 0.3 is 0 Å². The lowest BCUT2D eigenvalue weighted by atomic mass is 9.88. The van der Waals surface area contributed by atoms with Gasteiger partial charge in [-0.05, 0) is 87.5 Å². The SMILES string of the molecule is CCN1c2cc(F)c(/C=C3/SC(=O)N(CC(=O)Nc4ccc(Br)cc4)C3=O)cc2C(C)=CC1(C)C. The number of rotatable bonds is 5. The van der Waals surface area contributed by atoms with Gasteiger partial charge in [-0.25, -0.2) is 4.39 Å². The molecule has 0 spiro atoms. The molecule has 6 nitrogen and oxygen atoms in total. The zero-order chi connectivity index (χ0) is 25.5. The third kappa shape index (κ3) is 5.06. The van der Waals surface area contributed by atoms with Crippen LogP contribution < -0.4 is 10.2 Å². The summed E-state index contributed by atoms with van der Waals surface area (Å²) in [6.07, 6.45) is 3.52. The van der Waals surface area contributed by atoms with Crippen molar-refractivity contribution in [3.05, 3.63) is 68.8 Å². The second kappa shape index (κ2) is 9.62. The standard InChI is InChI=1S/C26H25BrFN3O3S/c1-5-31-21-12-20(28)16(10-19(21)15(2)13-26(31,3)4)11-22-24(33)30(25(34)35-22)14-23(32)29-18-8-6-17(27)7-9-18/h6-13H,5,14H2,1-4H3,(H,29,32)/b22-11+. The number of amides is 3. The van der Waals surface area contributed by atoms with E-state index in [1.165, 1.54) is 12.1 Å². The molecule has 1 fully saturated rings. The van der Waals surface area contributed by atoms with Crippen molar-refractivity contribution in [3.63, 3.8) is 0 Å². The molecular formula is C26H25BrFN3O3S. The third-order valence-corrected chi connectivity index (χ3v) is 7.44. The van der Waals surface area contributed by atoms with Crippen LogP contribution in [0.25, 0.3) is 11.6 Å². The van der Waals surface area contributed by atoms with E-state index in [1.807, 2.05) is 13.8 Å². The predicted octanol–water partition coefficient (Wildman–Crippen LogP) is 6.29. The van der Waals surface area contributed by atoms with E-state index < -0.39 is 29.4 Å². The van der Waals surface area contributed by atoms with Gasteiger partial charge in [0.15, 0.2) is 0 Å². The number of benzene rings is 2. The minimum absolute atomic E-state index is 0.0791. The fraction of sp³-hybridized carbons (Fsp3) is 0.269. The van der Waals surface area contributed by atoms with E-state index in [0.717, 1.165) is 26.2 Å². The number of allylic oxidation sites excluding steroid dienone is 1. The minimum Gasteiger partial charge on any atom is -0.363 e. The maximum Gasteiger partial charge on any atom is 0.294 e. The Bertz CT molecular complexity index is 1290. The monoisotopic (exact) mass is 557 g/mol. The van der Waals surface area contributed by atoms with Crippen LogP contribution >= 0.6 is 27.7 Å². The zero-order valence-electron chi connectivity index (χ0n) is 19.8. The second-order valence-corrected chi connectivity index (χ2v) is 10.8. The van der Waals surface area contributed by atoms with Crippen LogP contribution in [0, 0.1) is 5.82 Å². The first-order valence-corrected chi connectivity index (χ1v) is 12.7. The average Bonchev–Trinajstić information content (AvgIpc) is 3.03. The molecule has 0 aromatic heterocycles. The normalized spacial score (nSPS) is 18.1. The molecule has 9 heteroatoms. The van der Waals surface area contributed by atoms with Crippen LogP contribution in [-0.2, 0) is 9.59 Å². The van der Waals surface area contributed by atoms with E-state index in [0.29, 0.717) is 24.0 Å². The Morgan fingerprint density at radius 3 is 2.54 bits per heavy atom. The Hall–Kier alpha value is -2.91. The van der Waals surface area contributed by atoms with Crippen LogP contribution in [0.3, 0.4) is 0 Å². The van der Waals surface area contributed by atoms with Gasteiger partial charge in [0.1, 0.15) is 12.4 Å². The lowest BCUT2D eigenvalue weighted by Crippen LogP contribution is -2.45. The number of hydrogen-bond acceptors (Lipinski definition) is 5. The maximum absolute atomic E-state index is 15.1. The van der Waals surface area contributed by atoms with E-state index >= 15 is 4.39 Å². The van der Waals surface area contributed by atoms with Crippen molar-refractivity contribution >= 4 is 67.8 Å². The molecule has 0 saturated carbocycles. The molecule has 1 N–H and O–H groups in total. The van der Waals surface area contributed by atoms with Gasteiger partial charge in [-0.1, -0.05) is 22.0 Å². The Kier molecular flexibility index (Phi) is 6.92. The summed E-state index contributed by atoms with van der Waals surface area (Å²) in [5.74, 6) is -1.60. The number of fused-ring (bicyclic) bond motifs is 1. The highest BCUT2D eigenvalue weighted by Gasteiger charge is 2.37. The summed E-state index contributed by atoms with van der Waals surface area (Å²) >= 11 is 4.02. The van der Waals surface area contributed by atoms with Crippen molar-refractivity contribution in [1.29, 1.82) is 0 Å². The largest absolute Gasteiger partial charge is 0.363 e. The first kappa shape index (κ1) is 25.2. The van der Waals surface area contributed by atoms with Gasteiger partial charge in [0.05, 0.1) is 10.4 Å². The van der Waals surface area contributed by atoms with E-state index in [4.69, 9.17) is 0 Å².